The Morgan fingerprint density at radius 1 is 1.45 bits per heavy atom. The highest BCUT2D eigenvalue weighted by atomic mass is 16.5. The molecule has 0 fully saturated rings. The molecule has 6 nitrogen and oxygen atoms in total. The van der Waals surface area contributed by atoms with Crippen LogP contribution in [-0.4, -0.2) is 33.5 Å². The first-order valence-electron chi connectivity index (χ1n) is 6.29. The number of rotatable bonds is 6. The number of nitrogens with one attached hydrogen (secondary N) is 1. The molecule has 1 amide bonds. The molecule has 1 heterocycles. The van der Waals surface area contributed by atoms with E-state index in [-0.39, 0.29) is 12.5 Å². The van der Waals surface area contributed by atoms with Gasteiger partial charge in [0.05, 0.1) is 6.54 Å². The van der Waals surface area contributed by atoms with Crippen LogP contribution in [0.5, 0.6) is 5.75 Å². The summed E-state index contributed by atoms with van der Waals surface area (Å²) in [6.45, 7) is 2.02. The average molecular weight is 275 g/mol. The van der Waals surface area contributed by atoms with Crippen LogP contribution in [0.4, 0.5) is 5.69 Å². The summed E-state index contributed by atoms with van der Waals surface area (Å²) in [6, 6.07) is 8.78. The third-order valence-corrected chi connectivity index (χ3v) is 2.57. The van der Waals surface area contributed by atoms with Crippen LogP contribution in [0, 0.1) is 0 Å². The monoisotopic (exact) mass is 275 g/mol. The molecule has 2 rings (SSSR count). The van der Waals surface area contributed by atoms with E-state index >= 15 is 0 Å². The lowest BCUT2D eigenvalue weighted by atomic mass is 10.3. The lowest BCUT2D eigenvalue weighted by molar-refractivity contribution is -0.114. The van der Waals surface area contributed by atoms with Crippen molar-refractivity contribution in [1.82, 2.24) is 9.78 Å². The largest absolute Gasteiger partial charge is 0.491 e. The molecule has 2 N–H and O–H groups in total. The van der Waals surface area contributed by atoms with Gasteiger partial charge in [0.15, 0.2) is 0 Å². The summed E-state index contributed by atoms with van der Waals surface area (Å²) in [4.78, 5) is 10.9. The summed E-state index contributed by atoms with van der Waals surface area (Å²) in [5.41, 5.74) is 0.710. The van der Waals surface area contributed by atoms with Crippen LogP contribution >= 0.6 is 0 Å². The maximum atomic E-state index is 10.9. The Bertz CT molecular complexity index is 537. The first kappa shape index (κ1) is 14.1. The van der Waals surface area contributed by atoms with Gasteiger partial charge in [-0.15, -0.1) is 0 Å². The third-order valence-electron chi connectivity index (χ3n) is 2.57. The molecule has 0 saturated heterocycles. The van der Waals surface area contributed by atoms with Gasteiger partial charge in [-0.1, -0.05) is 0 Å². The van der Waals surface area contributed by atoms with E-state index in [2.05, 4.69) is 10.4 Å². The molecule has 20 heavy (non-hydrogen) atoms. The highest BCUT2D eigenvalue weighted by molar-refractivity contribution is 5.88. The molecule has 6 heteroatoms. The fourth-order valence-corrected chi connectivity index (χ4v) is 1.71. The van der Waals surface area contributed by atoms with E-state index in [9.17, 15) is 9.90 Å². The Kier molecular flexibility index (Phi) is 4.73. The van der Waals surface area contributed by atoms with Gasteiger partial charge in [0.2, 0.25) is 5.91 Å². The molecule has 0 saturated carbocycles. The molecular formula is C14H17N3O3. The smallest absolute Gasteiger partial charge is 0.221 e. The molecule has 1 aromatic carbocycles. The van der Waals surface area contributed by atoms with E-state index < -0.39 is 6.10 Å². The minimum atomic E-state index is -0.634. The Hall–Kier alpha value is -2.34. The summed E-state index contributed by atoms with van der Waals surface area (Å²) in [7, 11) is 0. The Morgan fingerprint density at radius 2 is 2.20 bits per heavy atom. The van der Waals surface area contributed by atoms with Gasteiger partial charge in [-0.3, -0.25) is 9.48 Å². The zero-order valence-electron chi connectivity index (χ0n) is 11.2. The highest BCUT2D eigenvalue weighted by Crippen LogP contribution is 2.15. The number of anilines is 1. The van der Waals surface area contributed by atoms with Crippen molar-refractivity contribution in [3.8, 4) is 5.75 Å². The molecule has 0 spiro atoms. The number of carbonyl (C=O) groups excluding carboxylic acids is 1. The normalized spacial score (nSPS) is 11.9. The van der Waals surface area contributed by atoms with Crippen molar-refractivity contribution in [3.63, 3.8) is 0 Å². The van der Waals surface area contributed by atoms with Gasteiger partial charge in [0.25, 0.3) is 0 Å². The van der Waals surface area contributed by atoms with Crippen molar-refractivity contribution in [3.05, 3.63) is 42.7 Å². The molecule has 0 bridgehead atoms. The SMILES string of the molecule is CC(=O)Nc1ccc(OC[C@@H](O)Cn2cccn2)cc1. The minimum absolute atomic E-state index is 0.117. The number of hydrogen-bond donors (Lipinski definition) is 2. The number of nitrogens with zero attached hydrogens (tertiary/aromatic N) is 2. The Labute approximate surface area is 117 Å². The van der Waals surface area contributed by atoms with E-state index in [4.69, 9.17) is 4.74 Å². The van der Waals surface area contributed by atoms with Gasteiger partial charge < -0.3 is 15.2 Å². The first-order chi connectivity index (χ1) is 9.63. The van der Waals surface area contributed by atoms with E-state index in [1.165, 1.54) is 6.92 Å². The second kappa shape index (κ2) is 6.72. The van der Waals surface area contributed by atoms with Crippen LogP contribution in [0.3, 0.4) is 0 Å². The number of hydrogen-bond acceptors (Lipinski definition) is 4. The summed E-state index contributed by atoms with van der Waals surface area (Å²) in [5, 5.41) is 16.5. The fraction of sp³-hybridized carbons (Fsp3) is 0.286. The van der Waals surface area contributed by atoms with E-state index in [0.29, 0.717) is 18.0 Å². The van der Waals surface area contributed by atoms with Crippen LogP contribution in [0.15, 0.2) is 42.7 Å². The predicted octanol–water partition coefficient (Wildman–Crippen LogP) is 1.28. The number of aliphatic hydroxyl groups is 1. The molecule has 1 atom stereocenters. The van der Waals surface area contributed by atoms with Crippen molar-refractivity contribution < 1.29 is 14.6 Å². The Morgan fingerprint density at radius 3 is 2.80 bits per heavy atom. The van der Waals surface area contributed by atoms with Crippen molar-refractivity contribution in [1.29, 1.82) is 0 Å². The molecular weight excluding hydrogens is 258 g/mol. The standard InChI is InChI=1S/C14H17N3O3/c1-11(18)16-12-3-5-14(6-4-12)20-10-13(19)9-17-8-2-7-15-17/h2-8,13,19H,9-10H2,1H3,(H,16,18)/t13-/m0/s1. The predicted molar refractivity (Wildman–Crippen MR) is 74.5 cm³/mol. The number of ether oxygens (including phenoxy) is 1. The highest BCUT2D eigenvalue weighted by Gasteiger charge is 2.06. The number of aromatic nitrogens is 2. The van der Waals surface area contributed by atoms with Crippen LogP contribution in [-0.2, 0) is 11.3 Å². The Balaban J connectivity index is 1.80. The maximum absolute atomic E-state index is 10.9. The summed E-state index contributed by atoms with van der Waals surface area (Å²) >= 11 is 0. The molecule has 0 aliphatic heterocycles. The van der Waals surface area contributed by atoms with Crippen molar-refractivity contribution in [2.45, 2.75) is 19.6 Å². The van der Waals surface area contributed by atoms with Crippen LogP contribution in [0.2, 0.25) is 0 Å². The number of benzene rings is 1. The zero-order valence-corrected chi connectivity index (χ0v) is 11.2. The molecule has 0 unspecified atom stereocenters. The number of amides is 1. The average Bonchev–Trinajstić information content (AvgIpc) is 2.90. The van der Waals surface area contributed by atoms with Gasteiger partial charge in [-0.2, -0.15) is 5.10 Å². The van der Waals surface area contributed by atoms with Gasteiger partial charge in [0.1, 0.15) is 18.5 Å². The van der Waals surface area contributed by atoms with E-state index in [1.807, 2.05) is 0 Å². The number of aliphatic hydroxyl groups excluding tert-OH is 1. The fourth-order valence-electron chi connectivity index (χ4n) is 1.71. The first-order valence-corrected chi connectivity index (χ1v) is 6.29. The molecule has 0 aliphatic carbocycles. The van der Waals surface area contributed by atoms with Gasteiger partial charge in [-0.05, 0) is 30.3 Å². The third kappa shape index (κ3) is 4.40. The topological polar surface area (TPSA) is 76.4 Å². The quantitative estimate of drug-likeness (QED) is 0.832. The number of carbonyl (C=O) groups is 1. The molecule has 1 aromatic heterocycles. The lowest BCUT2D eigenvalue weighted by Gasteiger charge is -2.12. The van der Waals surface area contributed by atoms with E-state index in [1.54, 1.807) is 47.4 Å². The molecule has 2 aromatic rings. The van der Waals surface area contributed by atoms with Gasteiger partial charge in [-0.25, -0.2) is 0 Å². The van der Waals surface area contributed by atoms with Crippen molar-refractivity contribution in [2.24, 2.45) is 0 Å². The summed E-state index contributed by atoms with van der Waals surface area (Å²) < 4.78 is 7.12. The van der Waals surface area contributed by atoms with Crippen LogP contribution in [0.1, 0.15) is 6.92 Å². The van der Waals surface area contributed by atoms with Crippen LogP contribution < -0.4 is 10.1 Å². The second-order valence-electron chi connectivity index (χ2n) is 4.40. The van der Waals surface area contributed by atoms with Gasteiger partial charge in [0, 0.05) is 25.0 Å². The van der Waals surface area contributed by atoms with Gasteiger partial charge >= 0.3 is 0 Å². The van der Waals surface area contributed by atoms with Crippen molar-refractivity contribution in [2.75, 3.05) is 11.9 Å². The van der Waals surface area contributed by atoms with Crippen molar-refractivity contribution >= 4 is 11.6 Å². The molecule has 0 aliphatic rings. The summed E-state index contributed by atoms with van der Waals surface area (Å²) in [6.07, 6.45) is 2.81. The molecule has 0 radical (unpaired) electrons. The lowest BCUT2D eigenvalue weighted by Crippen LogP contribution is -2.23. The zero-order chi connectivity index (χ0) is 14.4. The minimum Gasteiger partial charge on any atom is -0.491 e. The van der Waals surface area contributed by atoms with Crippen LogP contribution in [0.25, 0.3) is 0 Å². The maximum Gasteiger partial charge on any atom is 0.221 e. The second-order valence-corrected chi connectivity index (χ2v) is 4.40. The molecule has 106 valence electrons. The summed E-state index contributed by atoms with van der Waals surface area (Å²) in [5.74, 6) is 0.520. The van der Waals surface area contributed by atoms with E-state index in [0.717, 1.165) is 0 Å².